The molecule has 0 unspecified atom stereocenters. The fraction of sp³-hybridized carbons (Fsp3) is 0.225. The van der Waals surface area contributed by atoms with Crippen LogP contribution in [0.1, 0.15) is 45.8 Å². The van der Waals surface area contributed by atoms with E-state index in [1.54, 1.807) is 49.4 Å². The average Bonchev–Trinajstić information content (AvgIpc) is 3.50. The molecule has 4 aliphatic rings. The number of phenols is 1. The molecule has 4 aromatic rings. The maximum absolute atomic E-state index is 15.3. The Morgan fingerprint density at radius 3 is 2.22 bits per heavy atom. The predicted molar refractivity (Wildman–Crippen MR) is 185 cm³/mol. The lowest BCUT2D eigenvalue weighted by atomic mass is 9.49. The summed E-state index contributed by atoms with van der Waals surface area (Å²) in [4.78, 5) is 72.6. The van der Waals surface area contributed by atoms with Crippen LogP contribution in [0, 0.1) is 30.6 Å². The first-order valence-corrected chi connectivity index (χ1v) is 16.8. The largest absolute Gasteiger partial charge is 0.508 e. The van der Waals surface area contributed by atoms with Gasteiger partial charge in [0.1, 0.15) is 5.75 Å². The number of nitrogens with zero attached hydrogens (tertiary/aromatic N) is 2. The van der Waals surface area contributed by atoms with E-state index in [1.807, 2.05) is 42.5 Å². The van der Waals surface area contributed by atoms with Gasteiger partial charge < -0.3 is 10.2 Å². The minimum absolute atomic E-state index is 0.0546. The Labute approximate surface area is 292 Å². The lowest BCUT2D eigenvalue weighted by Crippen LogP contribution is -2.53. The summed E-state index contributed by atoms with van der Waals surface area (Å²) in [6.07, 6.45) is 2.31. The van der Waals surface area contributed by atoms with Gasteiger partial charge in [-0.1, -0.05) is 77.8 Å². The van der Waals surface area contributed by atoms with Crippen molar-refractivity contribution in [2.45, 2.75) is 31.1 Å². The molecule has 50 heavy (non-hydrogen) atoms. The molecular weight excluding hydrogens is 656 g/mol. The number of carbonyl (C=O) groups excluding carboxylic acids is 4. The van der Waals surface area contributed by atoms with Gasteiger partial charge in [-0.3, -0.25) is 24.1 Å². The molecule has 0 bridgehead atoms. The fourth-order valence-electron chi connectivity index (χ4n) is 9.01. The number of carboxylic acid groups (broad SMARTS) is 1. The van der Waals surface area contributed by atoms with Gasteiger partial charge in [0.2, 0.25) is 23.6 Å². The monoisotopic (exact) mass is 686 g/mol. The summed E-state index contributed by atoms with van der Waals surface area (Å²) in [5.41, 5.74) is 1.74. The topological polar surface area (TPSA) is 132 Å². The van der Waals surface area contributed by atoms with E-state index in [9.17, 15) is 29.4 Å². The van der Waals surface area contributed by atoms with Gasteiger partial charge >= 0.3 is 5.97 Å². The second-order valence-electron chi connectivity index (χ2n) is 13.5. The van der Waals surface area contributed by atoms with E-state index in [0.717, 1.165) is 10.5 Å². The number of aryl methyl sites for hydroxylation is 1. The van der Waals surface area contributed by atoms with Crippen molar-refractivity contribution in [3.8, 4) is 5.75 Å². The zero-order valence-electron chi connectivity index (χ0n) is 26.8. The number of allylic oxidation sites excluding steroid dienone is 2. The van der Waals surface area contributed by atoms with Gasteiger partial charge in [-0.25, -0.2) is 9.69 Å². The number of carbonyl (C=O) groups is 5. The van der Waals surface area contributed by atoms with Gasteiger partial charge in [0.15, 0.2) is 0 Å². The van der Waals surface area contributed by atoms with Crippen LogP contribution < -0.4 is 9.80 Å². The number of halogens is 1. The Hall–Kier alpha value is -5.54. The van der Waals surface area contributed by atoms with Gasteiger partial charge in [-0.05, 0) is 84.8 Å². The van der Waals surface area contributed by atoms with Crippen molar-refractivity contribution in [3.63, 3.8) is 0 Å². The highest BCUT2D eigenvalue weighted by Gasteiger charge is 2.70. The van der Waals surface area contributed by atoms with Crippen molar-refractivity contribution in [2.24, 2.45) is 23.7 Å². The molecule has 2 N–H and O–H groups in total. The molecule has 9 nitrogen and oxygen atoms in total. The van der Waals surface area contributed by atoms with Crippen LogP contribution in [0.25, 0.3) is 0 Å². The predicted octanol–water partition coefficient (Wildman–Crippen LogP) is 6.42. The van der Waals surface area contributed by atoms with Gasteiger partial charge in [0.25, 0.3) is 0 Å². The van der Waals surface area contributed by atoms with E-state index in [2.05, 4.69) is 0 Å². The number of hydrogen-bond acceptors (Lipinski definition) is 6. The molecule has 4 aromatic carbocycles. The van der Waals surface area contributed by atoms with Crippen molar-refractivity contribution in [2.75, 3.05) is 9.80 Å². The van der Waals surface area contributed by atoms with E-state index in [0.29, 0.717) is 27.4 Å². The van der Waals surface area contributed by atoms with E-state index >= 15 is 4.79 Å². The minimum atomic E-state index is -1.43. The second-order valence-corrected chi connectivity index (χ2v) is 13.9. The Morgan fingerprint density at radius 1 is 0.800 bits per heavy atom. The number of carboxylic acids is 1. The van der Waals surface area contributed by atoms with Gasteiger partial charge in [0.05, 0.1) is 40.1 Å². The summed E-state index contributed by atoms with van der Waals surface area (Å²) >= 11 is 6.37. The fourth-order valence-corrected chi connectivity index (χ4v) is 9.19. The third-order valence-corrected chi connectivity index (χ3v) is 11.3. The van der Waals surface area contributed by atoms with Crippen LogP contribution in [0.4, 0.5) is 11.4 Å². The molecule has 2 aliphatic heterocycles. The normalized spacial score (nSPS) is 27.2. The summed E-state index contributed by atoms with van der Waals surface area (Å²) in [7, 11) is 0. The summed E-state index contributed by atoms with van der Waals surface area (Å²) in [5, 5.41) is 20.5. The van der Waals surface area contributed by atoms with Crippen LogP contribution >= 0.6 is 11.6 Å². The molecule has 0 aromatic heterocycles. The molecule has 0 spiro atoms. The summed E-state index contributed by atoms with van der Waals surface area (Å²) in [6, 6.07) is 26.7. The molecule has 4 amide bonds. The van der Waals surface area contributed by atoms with E-state index < -0.39 is 64.6 Å². The zero-order chi connectivity index (χ0) is 35.1. The number of benzene rings is 4. The number of fused-ring (bicyclic) bond motifs is 4. The lowest BCUT2D eigenvalue weighted by molar-refractivity contribution is -0.127. The van der Waals surface area contributed by atoms with Crippen LogP contribution in [-0.4, -0.2) is 39.8 Å². The molecule has 3 fully saturated rings. The number of rotatable bonds is 5. The Bertz CT molecular complexity index is 2180. The average molecular weight is 687 g/mol. The van der Waals surface area contributed by atoms with Crippen molar-refractivity contribution < 1.29 is 34.2 Å². The molecule has 2 saturated heterocycles. The van der Waals surface area contributed by atoms with Crippen LogP contribution in [0.2, 0.25) is 5.02 Å². The summed E-state index contributed by atoms with van der Waals surface area (Å²) < 4.78 is 0. The van der Waals surface area contributed by atoms with Crippen molar-refractivity contribution >= 4 is 52.6 Å². The second kappa shape index (κ2) is 11.5. The molecule has 10 heteroatoms. The summed E-state index contributed by atoms with van der Waals surface area (Å²) in [5.74, 6) is -6.66. The van der Waals surface area contributed by atoms with Crippen LogP contribution in [0.3, 0.4) is 0 Å². The lowest BCUT2D eigenvalue weighted by Gasteiger charge is -2.50. The van der Waals surface area contributed by atoms with Crippen LogP contribution in [-0.2, 0) is 24.6 Å². The van der Waals surface area contributed by atoms with Crippen molar-refractivity contribution in [3.05, 3.63) is 136 Å². The first kappa shape index (κ1) is 31.7. The van der Waals surface area contributed by atoms with Crippen molar-refractivity contribution in [1.82, 2.24) is 0 Å². The molecular formula is C40H31ClN2O7. The SMILES string of the molecule is Cc1cc([C@H]2C3=CC[C@@H]4C(=O)N(c5cccc(C(=O)O)c5)C(=O)[C@@H]4[C@@H]3C[C@H]3C(=O)N(c4cccc(Cl)c4)C(=O)[C@@]23c2ccccc2)ccc1O. The number of amides is 4. The number of anilines is 2. The molecule has 8 rings (SSSR count). The maximum atomic E-state index is 15.3. The van der Waals surface area contributed by atoms with Gasteiger partial charge in [-0.15, -0.1) is 0 Å². The highest BCUT2D eigenvalue weighted by molar-refractivity contribution is 6.32. The van der Waals surface area contributed by atoms with E-state index in [-0.39, 0.29) is 29.8 Å². The standard InChI is InChI=1S/C40H31ClN2O7/c1-21-17-22(13-16-32(21)44)34-28-14-15-29-33(37(47)42(35(29)45)26-11-5-7-23(18-26)38(48)49)30(28)20-31-36(46)43(27-12-6-10-25(41)19-27)39(50)40(31,34)24-8-3-2-4-9-24/h2-14,16-19,29-31,33-34,44H,15,20H2,1H3,(H,48,49)/t29-,30+,31-,33-,34-,40+/m0/s1. The number of phenolic OH excluding ortho intramolecular Hbond substituents is 1. The minimum Gasteiger partial charge on any atom is -0.508 e. The Morgan fingerprint density at radius 2 is 1.52 bits per heavy atom. The quantitative estimate of drug-likeness (QED) is 0.183. The number of hydrogen-bond donors (Lipinski definition) is 2. The maximum Gasteiger partial charge on any atom is 0.335 e. The molecule has 2 aliphatic carbocycles. The first-order chi connectivity index (χ1) is 24.0. The molecule has 1 saturated carbocycles. The molecule has 250 valence electrons. The number of aromatic carboxylic acids is 1. The molecule has 6 atom stereocenters. The van der Waals surface area contributed by atoms with Crippen LogP contribution in [0.5, 0.6) is 5.75 Å². The highest BCUT2D eigenvalue weighted by Crippen LogP contribution is 2.64. The Balaban J connectivity index is 1.34. The van der Waals surface area contributed by atoms with Gasteiger partial charge in [-0.2, -0.15) is 0 Å². The van der Waals surface area contributed by atoms with Crippen molar-refractivity contribution in [1.29, 1.82) is 0 Å². The summed E-state index contributed by atoms with van der Waals surface area (Å²) in [6.45, 7) is 1.76. The molecule has 0 radical (unpaired) electrons. The third-order valence-electron chi connectivity index (χ3n) is 11.1. The Kier molecular flexibility index (Phi) is 7.31. The number of imide groups is 2. The smallest absolute Gasteiger partial charge is 0.335 e. The van der Waals surface area contributed by atoms with Gasteiger partial charge in [0, 0.05) is 10.9 Å². The zero-order valence-corrected chi connectivity index (χ0v) is 27.6. The van der Waals surface area contributed by atoms with E-state index in [1.165, 1.54) is 23.1 Å². The highest BCUT2D eigenvalue weighted by atomic mass is 35.5. The molecule has 2 heterocycles. The third kappa shape index (κ3) is 4.42. The number of aromatic hydroxyl groups is 1. The van der Waals surface area contributed by atoms with E-state index in [4.69, 9.17) is 11.6 Å². The van der Waals surface area contributed by atoms with Crippen LogP contribution in [0.15, 0.2) is 109 Å². The first-order valence-electron chi connectivity index (χ1n) is 16.4.